The fraction of sp³-hybridized carbons (Fsp3) is 0.105. The molecule has 3 rings (SSSR count). The highest BCUT2D eigenvalue weighted by atomic mass is 35.5. The van der Waals surface area contributed by atoms with Crippen molar-refractivity contribution in [2.45, 2.75) is 0 Å². The van der Waals surface area contributed by atoms with E-state index in [9.17, 15) is 4.79 Å². The molecule has 1 aromatic heterocycles. The van der Waals surface area contributed by atoms with Crippen molar-refractivity contribution >= 4 is 34.4 Å². The minimum absolute atomic E-state index is 0.103. The van der Waals surface area contributed by atoms with Crippen LogP contribution in [0.15, 0.2) is 48.7 Å². The second kappa shape index (κ2) is 6.81. The number of aromatic nitrogens is 1. The zero-order chi connectivity index (χ0) is 17.1. The molecule has 0 aliphatic rings. The first kappa shape index (κ1) is 16.1. The van der Waals surface area contributed by atoms with Crippen molar-refractivity contribution in [2.24, 2.45) is 0 Å². The van der Waals surface area contributed by atoms with E-state index in [2.05, 4.69) is 4.98 Å². The first-order valence-corrected chi connectivity index (χ1v) is 7.72. The smallest absolute Gasteiger partial charge is 0.188 e. The molecular formula is C19H16ClNO3. The number of rotatable bonds is 5. The summed E-state index contributed by atoms with van der Waals surface area (Å²) >= 11 is 5.97. The van der Waals surface area contributed by atoms with E-state index in [4.69, 9.17) is 21.1 Å². The molecule has 0 saturated heterocycles. The lowest BCUT2D eigenvalue weighted by atomic mass is 10.1. The first-order valence-electron chi connectivity index (χ1n) is 7.34. The number of allylic oxidation sites excluding steroid dienone is 1. The number of para-hydroxylation sites is 1. The number of carbonyl (C=O) groups is 1. The van der Waals surface area contributed by atoms with Gasteiger partial charge in [0.15, 0.2) is 17.3 Å². The highest BCUT2D eigenvalue weighted by molar-refractivity contribution is 6.31. The van der Waals surface area contributed by atoms with Crippen molar-refractivity contribution in [3.05, 3.63) is 64.8 Å². The Hall–Kier alpha value is -2.72. The molecule has 24 heavy (non-hydrogen) atoms. The van der Waals surface area contributed by atoms with E-state index >= 15 is 0 Å². The monoisotopic (exact) mass is 341 g/mol. The topological polar surface area (TPSA) is 51.3 Å². The summed E-state index contributed by atoms with van der Waals surface area (Å²) in [7, 11) is 3.15. The predicted octanol–water partition coefficient (Wildman–Crippen LogP) is 4.73. The molecule has 0 aliphatic carbocycles. The summed E-state index contributed by atoms with van der Waals surface area (Å²) in [5, 5.41) is 1.46. The Labute approximate surface area is 144 Å². The zero-order valence-corrected chi connectivity index (χ0v) is 14.1. The van der Waals surface area contributed by atoms with Gasteiger partial charge in [-0.05, 0) is 30.4 Å². The average molecular weight is 342 g/mol. The van der Waals surface area contributed by atoms with Gasteiger partial charge in [-0.3, -0.25) is 4.79 Å². The van der Waals surface area contributed by atoms with Gasteiger partial charge in [-0.15, -0.1) is 0 Å². The van der Waals surface area contributed by atoms with Crippen LogP contribution in [0.1, 0.15) is 15.9 Å². The molecule has 2 aromatic carbocycles. The maximum Gasteiger partial charge on any atom is 0.188 e. The summed E-state index contributed by atoms with van der Waals surface area (Å²) in [6.45, 7) is 0. The number of hydrogen-bond donors (Lipinski definition) is 1. The van der Waals surface area contributed by atoms with Crippen LogP contribution in [0.25, 0.3) is 17.0 Å². The van der Waals surface area contributed by atoms with E-state index in [1.165, 1.54) is 6.08 Å². The Morgan fingerprint density at radius 1 is 1.17 bits per heavy atom. The second-order valence-electron chi connectivity index (χ2n) is 5.17. The van der Waals surface area contributed by atoms with Crippen molar-refractivity contribution in [2.75, 3.05) is 14.2 Å². The number of H-pyrrole nitrogens is 1. The Bertz CT molecular complexity index is 928. The zero-order valence-electron chi connectivity index (χ0n) is 13.3. The molecule has 4 nitrogen and oxygen atoms in total. The number of methoxy groups -OCH3 is 2. The van der Waals surface area contributed by atoms with E-state index in [1.807, 2.05) is 18.2 Å². The third kappa shape index (κ3) is 3.01. The molecule has 1 heterocycles. The molecule has 0 unspecified atom stereocenters. The highest BCUT2D eigenvalue weighted by Crippen LogP contribution is 2.31. The lowest BCUT2D eigenvalue weighted by Gasteiger charge is -2.09. The quantitative estimate of drug-likeness (QED) is 0.539. The van der Waals surface area contributed by atoms with Gasteiger partial charge in [0, 0.05) is 33.2 Å². The molecule has 0 spiro atoms. The summed E-state index contributed by atoms with van der Waals surface area (Å²) in [6, 6.07) is 10.9. The van der Waals surface area contributed by atoms with Gasteiger partial charge >= 0.3 is 0 Å². The van der Waals surface area contributed by atoms with Crippen LogP contribution >= 0.6 is 11.6 Å². The molecule has 0 radical (unpaired) electrons. The van der Waals surface area contributed by atoms with Crippen LogP contribution in [0.3, 0.4) is 0 Å². The van der Waals surface area contributed by atoms with Gasteiger partial charge in [-0.2, -0.15) is 0 Å². The SMILES string of the molecule is COc1cccc(C=CC(=O)c2c[nH]c3cc(Cl)ccc23)c1OC. The van der Waals surface area contributed by atoms with Crippen molar-refractivity contribution in [3.8, 4) is 11.5 Å². The van der Waals surface area contributed by atoms with Gasteiger partial charge in [-0.1, -0.05) is 29.8 Å². The fourth-order valence-electron chi connectivity index (χ4n) is 2.60. The number of nitrogens with one attached hydrogen (secondary N) is 1. The van der Waals surface area contributed by atoms with Crippen LogP contribution in [0.2, 0.25) is 5.02 Å². The largest absolute Gasteiger partial charge is 0.493 e. The Kier molecular flexibility index (Phi) is 4.58. The van der Waals surface area contributed by atoms with Crippen LogP contribution in [0, 0.1) is 0 Å². The normalized spacial score (nSPS) is 11.1. The molecule has 3 aromatic rings. The summed E-state index contributed by atoms with van der Waals surface area (Å²) in [5.74, 6) is 1.11. The highest BCUT2D eigenvalue weighted by Gasteiger charge is 2.11. The molecule has 0 atom stereocenters. The number of aromatic amines is 1. The van der Waals surface area contributed by atoms with Gasteiger partial charge < -0.3 is 14.5 Å². The third-order valence-corrected chi connectivity index (χ3v) is 3.99. The summed E-state index contributed by atoms with van der Waals surface area (Å²) < 4.78 is 10.6. The summed E-state index contributed by atoms with van der Waals surface area (Å²) in [6.07, 6.45) is 4.93. The van der Waals surface area contributed by atoms with Crippen molar-refractivity contribution in [1.82, 2.24) is 4.98 Å². The lowest BCUT2D eigenvalue weighted by Crippen LogP contribution is -1.94. The molecule has 0 aliphatic heterocycles. The maximum atomic E-state index is 12.5. The molecule has 1 N–H and O–H groups in total. The van der Waals surface area contributed by atoms with Gasteiger partial charge in [0.2, 0.25) is 0 Å². The number of hydrogen-bond acceptors (Lipinski definition) is 3. The van der Waals surface area contributed by atoms with Crippen LogP contribution in [-0.2, 0) is 0 Å². The Balaban J connectivity index is 1.93. The minimum Gasteiger partial charge on any atom is -0.493 e. The third-order valence-electron chi connectivity index (χ3n) is 3.76. The van der Waals surface area contributed by atoms with Crippen LogP contribution in [0.5, 0.6) is 11.5 Å². The fourth-order valence-corrected chi connectivity index (χ4v) is 2.77. The number of halogens is 1. The van der Waals surface area contributed by atoms with E-state index in [1.54, 1.807) is 44.7 Å². The second-order valence-corrected chi connectivity index (χ2v) is 5.61. The number of ketones is 1. The average Bonchev–Trinajstić information content (AvgIpc) is 3.02. The number of fused-ring (bicyclic) bond motifs is 1. The molecule has 0 saturated carbocycles. The Morgan fingerprint density at radius 2 is 2.00 bits per heavy atom. The van der Waals surface area contributed by atoms with Crippen LogP contribution in [-0.4, -0.2) is 25.0 Å². The molecule has 122 valence electrons. The summed E-state index contributed by atoms with van der Waals surface area (Å²) in [5.41, 5.74) is 2.20. The number of carbonyl (C=O) groups excluding carboxylic acids is 1. The number of benzene rings is 2. The molecular weight excluding hydrogens is 326 g/mol. The lowest BCUT2D eigenvalue weighted by molar-refractivity contribution is 0.104. The minimum atomic E-state index is -0.103. The maximum absolute atomic E-state index is 12.5. The van der Waals surface area contributed by atoms with Crippen LogP contribution in [0.4, 0.5) is 0 Å². The molecule has 0 fully saturated rings. The van der Waals surface area contributed by atoms with Crippen molar-refractivity contribution in [1.29, 1.82) is 0 Å². The van der Waals surface area contributed by atoms with Crippen molar-refractivity contribution in [3.63, 3.8) is 0 Å². The van der Waals surface area contributed by atoms with E-state index < -0.39 is 0 Å². The van der Waals surface area contributed by atoms with E-state index in [-0.39, 0.29) is 5.78 Å². The summed E-state index contributed by atoms with van der Waals surface area (Å²) in [4.78, 5) is 15.6. The molecule has 5 heteroatoms. The predicted molar refractivity (Wildman–Crippen MR) is 96.2 cm³/mol. The van der Waals surface area contributed by atoms with Gasteiger partial charge in [0.25, 0.3) is 0 Å². The molecule has 0 amide bonds. The van der Waals surface area contributed by atoms with Gasteiger partial charge in [-0.25, -0.2) is 0 Å². The first-order chi connectivity index (χ1) is 11.6. The van der Waals surface area contributed by atoms with E-state index in [0.717, 1.165) is 16.5 Å². The van der Waals surface area contributed by atoms with E-state index in [0.29, 0.717) is 22.1 Å². The van der Waals surface area contributed by atoms with Crippen molar-refractivity contribution < 1.29 is 14.3 Å². The number of ether oxygens (including phenoxy) is 2. The van der Waals surface area contributed by atoms with Crippen LogP contribution < -0.4 is 9.47 Å². The van der Waals surface area contributed by atoms with Gasteiger partial charge in [0.1, 0.15) is 0 Å². The standard InChI is InChI=1S/C19H16ClNO3/c1-23-18-5-3-4-12(19(18)24-2)6-9-17(22)15-11-21-16-10-13(20)7-8-14(15)16/h3-11,21H,1-2H3. The molecule has 0 bridgehead atoms. The Morgan fingerprint density at radius 3 is 2.75 bits per heavy atom. The van der Waals surface area contributed by atoms with Gasteiger partial charge in [0.05, 0.1) is 14.2 Å².